The number of benzene rings is 1. The first-order valence-electron chi connectivity index (χ1n) is 8.42. The van der Waals surface area contributed by atoms with E-state index >= 15 is 0 Å². The number of hydrogen-bond acceptors (Lipinski definition) is 5. The van der Waals surface area contributed by atoms with Crippen molar-refractivity contribution in [3.8, 4) is 11.8 Å². The lowest BCUT2D eigenvalue weighted by Crippen LogP contribution is -2.46. The second-order valence-electron chi connectivity index (χ2n) is 6.09. The van der Waals surface area contributed by atoms with Gasteiger partial charge in [0, 0.05) is 43.5 Å². The van der Waals surface area contributed by atoms with Crippen molar-refractivity contribution in [3.05, 3.63) is 76.1 Å². The lowest BCUT2D eigenvalue weighted by molar-refractivity contribution is -0.384. The topological polar surface area (TPSA) is 62.5 Å². The molecule has 0 spiro atoms. The quantitative estimate of drug-likeness (QED) is 0.485. The molecule has 0 aliphatic carbocycles. The van der Waals surface area contributed by atoms with Gasteiger partial charge >= 0.3 is 5.69 Å². The zero-order valence-electron chi connectivity index (χ0n) is 14.7. The van der Waals surface area contributed by atoms with E-state index < -0.39 is 0 Å². The van der Waals surface area contributed by atoms with Gasteiger partial charge in [0.1, 0.15) is 0 Å². The number of nitrogens with zero attached hydrogens (tertiary/aromatic N) is 4. The Kier molecular flexibility index (Phi) is 5.18. The summed E-state index contributed by atoms with van der Waals surface area (Å²) in [6.45, 7) is 8.49. The molecule has 0 saturated carbocycles. The monoisotopic (exact) mass is 348 g/mol. The van der Waals surface area contributed by atoms with E-state index in [1.54, 1.807) is 19.2 Å². The van der Waals surface area contributed by atoms with E-state index in [-0.39, 0.29) is 10.6 Å². The molecule has 0 bridgehead atoms. The predicted molar refractivity (Wildman–Crippen MR) is 102 cm³/mol. The Hall–Kier alpha value is -3.33. The number of pyridine rings is 1. The maximum atomic E-state index is 11.4. The van der Waals surface area contributed by atoms with Crippen molar-refractivity contribution in [1.29, 1.82) is 0 Å². The highest BCUT2D eigenvalue weighted by atomic mass is 16.6. The molecule has 2 heterocycles. The molecular weight excluding hydrogens is 328 g/mol. The summed E-state index contributed by atoms with van der Waals surface area (Å²) >= 11 is 0. The molecule has 1 aromatic heterocycles. The van der Waals surface area contributed by atoms with Crippen LogP contribution in [0.15, 0.2) is 54.9 Å². The van der Waals surface area contributed by atoms with Crippen LogP contribution in [0.3, 0.4) is 0 Å². The second kappa shape index (κ2) is 7.70. The molecular formula is C20H20N4O2. The fourth-order valence-electron chi connectivity index (χ4n) is 2.93. The molecule has 1 aromatic carbocycles. The van der Waals surface area contributed by atoms with E-state index in [1.165, 1.54) is 0 Å². The van der Waals surface area contributed by atoms with Gasteiger partial charge in [-0.1, -0.05) is 30.7 Å². The van der Waals surface area contributed by atoms with Crippen LogP contribution < -0.4 is 4.90 Å². The molecule has 26 heavy (non-hydrogen) atoms. The largest absolute Gasteiger partial charge is 0.362 e. The molecule has 132 valence electrons. The van der Waals surface area contributed by atoms with Gasteiger partial charge in [0.25, 0.3) is 0 Å². The Morgan fingerprint density at radius 1 is 1.19 bits per heavy atom. The SMILES string of the molecule is C=C(C#Cc1ccccc1)N1CCN(c2nccc(C)c2[N+](=O)[O-])CC1. The maximum absolute atomic E-state index is 11.4. The Balaban J connectivity index is 1.67. The zero-order valence-corrected chi connectivity index (χ0v) is 14.7. The lowest BCUT2D eigenvalue weighted by atomic mass is 10.2. The van der Waals surface area contributed by atoms with Gasteiger partial charge in [-0.15, -0.1) is 0 Å². The molecule has 1 saturated heterocycles. The van der Waals surface area contributed by atoms with E-state index in [2.05, 4.69) is 28.3 Å². The third-order valence-corrected chi connectivity index (χ3v) is 4.38. The third kappa shape index (κ3) is 3.83. The number of aryl methyl sites for hydroxylation is 1. The average molecular weight is 348 g/mol. The van der Waals surface area contributed by atoms with Gasteiger partial charge < -0.3 is 9.80 Å². The molecule has 1 fully saturated rings. The molecule has 0 amide bonds. The van der Waals surface area contributed by atoms with Gasteiger partial charge in [0.15, 0.2) is 0 Å². The highest BCUT2D eigenvalue weighted by Crippen LogP contribution is 2.29. The van der Waals surface area contributed by atoms with Crippen molar-refractivity contribution >= 4 is 11.5 Å². The predicted octanol–water partition coefficient (Wildman–Crippen LogP) is 2.99. The molecule has 2 aromatic rings. The van der Waals surface area contributed by atoms with E-state index in [0.29, 0.717) is 37.6 Å². The summed E-state index contributed by atoms with van der Waals surface area (Å²) in [4.78, 5) is 19.3. The van der Waals surface area contributed by atoms with Gasteiger partial charge in [-0.25, -0.2) is 4.98 Å². The van der Waals surface area contributed by atoms with Gasteiger partial charge in [0.2, 0.25) is 5.82 Å². The first-order valence-corrected chi connectivity index (χ1v) is 8.42. The van der Waals surface area contributed by atoms with Gasteiger partial charge in [0.05, 0.1) is 10.6 Å². The highest BCUT2D eigenvalue weighted by molar-refractivity contribution is 5.61. The molecule has 1 aliphatic rings. The molecule has 0 radical (unpaired) electrons. The van der Waals surface area contributed by atoms with Crippen molar-refractivity contribution in [2.75, 3.05) is 31.1 Å². The molecule has 1 aliphatic heterocycles. The Bertz CT molecular complexity index is 876. The first kappa shape index (κ1) is 17.5. The molecule has 0 N–H and O–H groups in total. The smallest absolute Gasteiger partial charge is 0.314 e. The molecule has 0 unspecified atom stereocenters. The summed E-state index contributed by atoms with van der Waals surface area (Å²) in [7, 11) is 0. The second-order valence-corrected chi connectivity index (χ2v) is 6.09. The summed E-state index contributed by atoms with van der Waals surface area (Å²) in [6, 6.07) is 11.4. The van der Waals surface area contributed by atoms with Gasteiger partial charge in [-0.3, -0.25) is 10.1 Å². The Morgan fingerprint density at radius 3 is 2.54 bits per heavy atom. The van der Waals surface area contributed by atoms with Crippen molar-refractivity contribution < 1.29 is 4.92 Å². The van der Waals surface area contributed by atoms with Crippen LogP contribution >= 0.6 is 0 Å². The number of aromatic nitrogens is 1. The average Bonchev–Trinajstić information content (AvgIpc) is 2.66. The Morgan fingerprint density at radius 2 is 1.88 bits per heavy atom. The standard InChI is InChI=1S/C20H20N4O2/c1-16-10-11-21-20(19(16)24(25)26)23-14-12-22(13-15-23)17(2)8-9-18-6-4-3-5-7-18/h3-7,10-11H,2,12-15H2,1H3. The van der Waals surface area contributed by atoms with Crippen molar-refractivity contribution in [2.24, 2.45) is 0 Å². The summed E-state index contributed by atoms with van der Waals surface area (Å²) in [6.07, 6.45) is 1.62. The minimum Gasteiger partial charge on any atom is -0.362 e. The molecule has 6 nitrogen and oxygen atoms in total. The van der Waals surface area contributed by atoms with Crippen LogP contribution in [0.1, 0.15) is 11.1 Å². The maximum Gasteiger partial charge on any atom is 0.314 e. The highest BCUT2D eigenvalue weighted by Gasteiger charge is 2.26. The zero-order chi connectivity index (χ0) is 18.5. The number of nitro groups is 1. The summed E-state index contributed by atoms with van der Waals surface area (Å²) in [5.74, 6) is 6.65. The number of allylic oxidation sites excluding steroid dienone is 1. The van der Waals surface area contributed by atoms with Gasteiger partial charge in [-0.2, -0.15) is 0 Å². The first-order chi connectivity index (χ1) is 12.6. The minimum atomic E-state index is -0.353. The van der Waals surface area contributed by atoms with Crippen LogP contribution in [0.2, 0.25) is 0 Å². The number of anilines is 1. The third-order valence-electron chi connectivity index (χ3n) is 4.38. The van der Waals surface area contributed by atoms with Gasteiger partial charge in [-0.05, 0) is 31.0 Å². The van der Waals surface area contributed by atoms with Crippen molar-refractivity contribution in [1.82, 2.24) is 9.88 Å². The summed E-state index contributed by atoms with van der Waals surface area (Å²) in [5, 5.41) is 11.4. The molecule has 6 heteroatoms. The van der Waals surface area contributed by atoms with Crippen molar-refractivity contribution in [2.45, 2.75) is 6.92 Å². The van der Waals surface area contributed by atoms with Crippen LogP contribution in [0, 0.1) is 28.9 Å². The number of piperazine rings is 1. The normalized spacial score (nSPS) is 13.7. The molecule has 3 rings (SSSR count). The minimum absolute atomic E-state index is 0.0867. The molecule has 0 atom stereocenters. The summed E-state index contributed by atoms with van der Waals surface area (Å²) < 4.78 is 0. The van der Waals surface area contributed by atoms with Crippen molar-refractivity contribution in [3.63, 3.8) is 0 Å². The van der Waals surface area contributed by atoms with E-state index in [1.807, 2.05) is 35.2 Å². The fraction of sp³-hybridized carbons (Fsp3) is 0.250. The number of hydrogen-bond donors (Lipinski definition) is 0. The summed E-state index contributed by atoms with van der Waals surface area (Å²) in [5.41, 5.74) is 2.43. The van der Waals surface area contributed by atoms with Crippen LogP contribution in [-0.4, -0.2) is 41.0 Å². The number of rotatable bonds is 3. The van der Waals surface area contributed by atoms with E-state index in [9.17, 15) is 10.1 Å². The fourth-order valence-corrected chi connectivity index (χ4v) is 2.93. The lowest BCUT2D eigenvalue weighted by Gasteiger charge is -2.36. The van der Waals surface area contributed by atoms with Crippen LogP contribution in [-0.2, 0) is 0 Å². The van der Waals surface area contributed by atoms with Crippen LogP contribution in [0.5, 0.6) is 0 Å². The van der Waals surface area contributed by atoms with E-state index in [4.69, 9.17) is 0 Å². The van der Waals surface area contributed by atoms with Crippen LogP contribution in [0.25, 0.3) is 0 Å². The Labute approximate surface area is 152 Å². The van der Waals surface area contributed by atoms with Crippen LogP contribution in [0.4, 0.5) is 11.5 Å². The van der Waals surface area contributed by atoms with E-state index in [0.717, 1.165) is 11.3 Å².